The van der Waals surface area contributed by atoms with Gasteiger partial charge in [0, 0.05) is 0 Å². The van der Waals surface area contributed by atoms with Crippen LogP contribution in [0, 0.1) is 12.0 Å². The first-order valence-electron chi connectivity index (χ1n) is 16.9. The Bertz CT molecular complexity index is 1250. The van der Waals surface area contributed by atoms with E-state index in [1.54, 1.807) is 0 Å². The third-order valence-electron chi connectivity index (χ3n) is 8.08. The Balaban J connectivity index is 0.000000307. The molecule has 0 saturated carbocycles. The van der Waals surface area contributed by atoms with Gasteiger partial charge in [0.05, 0.1) is 0 Å². The molecule has 0 aromatic heterocycles. The summed E-state index contributed by atoms with van der Waals surface area (Å²) in [6, 6.07) is 42.1. The predicted molar refractivity (Wildman–Crippen MR) is 203 cm³/mol. The minimum atomic E-state index is 0. The molecule has 1 radical (unpaired) electrons. The average Bonchev–Trinajstić information content (AvgIpc) is 3.31. The molecule has 3 heteroatoms. The third-order valence-corrected chi connectivity index (χ3v) is 9.52. The molecule has 241 valence electrons. The van der Waals surface area contributed by atoms with Crippen LogP contribution in [0.1, 0.15) is 86.0 Å². The summed E-state index contributed by atoms with van der Waals surface area (Å²) >= 11 is 0. The van der Waals surface area contributed by atoms with Crippen LogP contribution in [-0.2, 0) is 26.2 Å². The Morgan fingerprint density at radius 2 is 0.935 bits per heavy atom. The molecule has 1 N–H and O–H groups in total. The molecule has 46 heavy (non-hydrogen) atoms. The molecule has 0 spiro atoms. The molecule has 0 aliphatic heterocycles. The van der Waals surface area contributed by atoms with Crippen molar-refractivity contribution in [2.75, 3.05) is 6.54 Å². The van der Waals surface area contributed by atoms with Crippen molar-refractivity contribution in [3.8, 4) is 11.1 Å². The molecule has 1 nitrogen and oxygen atoms in total. The van der Waals surface area contributed by atoms with E-state index in [9.17, 15) is 0 Å². The Kier molecular flexibility index (Phi) is 23.9. The van der Waals surface area contributed by atoms with Gasteiger partial charge in [-0.3, -0.25) is 6.08 Å². The van der Waals surface area contributed by atoms with Crippen LogP contribution in [0.4, 0.5) is 0 Å². The topological polar surface area (TPSA) is 23.8 Å². The largest absolute Gasteiger partial charge is 2.00 e. The summed E-state index contributed by atoms with van der Waals surface area (Å²) in [7, 11) is 0.271. The van der Waals surface area contributed by atoms with E-state index in [0.717, 1.165) is 6.42 Å². The molecule has 0 amide bonds. The number of unbranched alkanes of at least 4 members (excludes halogenated alkanes) is 7. The Morgan fingerprint density at radius 1 is 0.565 bits per heavy atom. The van der Waals surface area contributed by atoms with Crippen LogP contribution in [0.15, 0.2) is 138 Å². The zero-order valence-corrected chi connectivity index (χ0v) is 32.7. The van der Waals surface area contributed by atoms with Crippen LogP contribution in [0.2, 0.25) is 0 Å². The monoisotopic (exact) mass is 704 g/mol. The van der Waals surface area contributed by atoms with Crippen LogP contribution in [0.3, 0.4) is 0 Å². The van der Waals surface area contributed by atoms with Gasteiger partial charge in [0.15, 0.2) is 0 Å². The van der Waals surface area contributed by atoms with Gasteiger partial charge in [-0.15, -0.1) is 6.92 Å². The Hall–Kier alpha value is -2.58. The molecule has 0 heterocycles. The predicted octanol–water partition coefficient (Wildman–Crippen LogP) is 11.3. The van der Waals surface area contributed by atoms with Crippen LogP contribution < -0.4 is 10.4 Å². The molecular weight excluding hydrogens is 650 g/mol. The molecule has 0 bridgehead atoms. The van der Waals surface area contributed by atoms with E-state index in [0.29, 0.717) is 12.5 Å². The molecule has 1 unspecified atom stereocenters. The number of hydrogen-bond donors (Lipinski definition) is 0. The molecule has 4 aromatic carbocycles. The summed E-state index contributed by atoms with van der Waals surface area (Å²) < 4.78 is 0. The Morgan fingerprint density at radius 3 is 1.24 bits per heavy atom. The van der Waals surface area contributed by atoms with Crippen LogP contribution in [-0.4, -0.2) is 16.1 Å². The smallest absolute Gasteiger partial charge is 0.677 e. The second kappa shape index (κ2) is 26.5. The summed E-state index contributed by atoms with van der Waals surface area (Å²) in [5.74, 6) is 0.560. The van der Waals surface area contributed by atoms with Gasteiger partial charge in [-0.25, -0.2) is 5.57 Å². The van der Waals surface area contributed by atoms with E-state index in [4.69, 9.17) is 5.73 Å². The molecule has 1 aliphatic rings. The minimum Gasteiger partial charge on any atom is -0.677 e. The number of benzene rings is 4. The third kappa shape index (κ3) is 17.9. The maximum atomic E-state index is 6.95. The number of allylic oxidation sites excluding steroid dienone is 4. The molecule has 1 aliphatic carbocycles. The molecule has 1 atom stereocenters. The molecule has 4 aromatic rings. The van der Waals surface area contributed by atoms with E-state index < -0.39 is 0 Å². The SMILES string of the molecule is CC1=[C-]C(C)C(C)=C1C.CCCCCCCCCC[NH-].[Zr+2].c1ccc(-c2ccccc2)cc1.c1ccc([SiH]c2ccccc2)cc1. The maximum Gasteiger partial charge on any atom is 2.00 e. The summed E-state index contributed by atoms with van der Waals surface area (Å²) in [6.45, 7) is 11.5. The summed E-state index contributed by atoms with van der Waals surface area (Å²) in [6.07, 6.45) is 14.0. The van der Waals surface area contributed by atoms with Gasteiger partial charge in [-0.2, -0.15) is 17.7 Å². The van der Waals surface area contributed by atoms with Gasteiger partial charge in [-0.05, 0) is 11.1 Å². The van der Waals surface area contributed by atoms with Crippen molar-refractivity contribution in [3.63, 3.8) is 0 Å². The molecule has 5 rings (SSSR count). The van der Waals surface area contributed by atoms with E-state index in [1.807, 2.05) is 12.1 Å². The first-order valence-corrected chi connectivity index (χ1v) is 18.1. The van der Waals surface area contributed by atoms with E-state index in [2.05, 4.69) is 150 Å². The first kappa shape index (κ1) is 41.4. The standard InChI is InChI=1S/C12H11Si.C12H10.C10H22N.C9H13.Zr/c1-3-7-11(8-4-1)13-12-9-5-2-6-10-12;1-3-7-11(8-4-1)12-9-5-2-6-10-12;1-2-3-4-5-6-7-8-9-10-11;1-6-5-7(2)9(4)8(6)3;/h1-10,13H;1-10H;11H,2-10H2,1H3;6H,1-4H3;/q;;2*-1;+2. The average molecular weight is 706 g/mol. The van der Waals surface area contributed by atoms with Crippen LogP contribution in [0.5, 0.6) is 0 Å². The number of nitrogens with one attached hydrogen (secondary N) is 1. The Labute approximate surface area is 303 Å². The van der Waals surface area contributed by atoms with E-state index >= 15 is 0 Å². The maximum absolute atomic E-state index is 6.95. The number of rotatable bonds is 11. The van der Waals surface area contributed by atoms with Gasteiger partial charge in [0.1, 0.15) is 9.52 Å². The van der Waals surface area contributed by atoms with Crippen molar-refractivity contribution >= 4 is 19.9 Å². The zero-order chi connectivity index (χ0) is 32.5. The quantitative estimate of drug-likeness (QED) is 0.0843. The van der Waals surface area contributed by atoms with Crippen molar-refractivity contribution < 1.29 is 26.2 Å². The fourth-order valence-electron chi connectivity index (χ4n) is 4.97. The van der Waals surface area contributed by atoms with E-state index in [-0.39, 0.29) is 35.7 Å². The first-order chi connectivity index (χ1) is 22.0. The van der Waals surface area contributed by atoms with Gasteiger partial charge >= 0.3 is 26.2 Å². The van der Waals surface area contributed by atoms with Crippen molar-refractivity contribution in [3.05, 3.63) is 150 Å². The van der Waals surface area contributed by atoms with Crippen molar-refractivity contribution in [1.82, 2.24) is 0 Å². The van der Waals surface area contributed by atoms with Crippen molar-refractivity contribution in [1.29, 1.82) is 0 Å². The zero-order valence-electron chi connectivity index (χ0n) is 29.1. The second-order valence-corrected chi connectivity index (χ2v) is 13.3. The molecule has 0 fully saturated rings. The fourth-order valence-corrected chi connectivity index (χ4v) is 6.19. The minimum absolute atomic E-state index is 0. The summed E-state index contributed by atoms with van der Waals surface area (Å²) in [5.41, 5.74) is 13.7. The van der Waals surface area contributed by atoms with Crippen LogP contribution in [0.25, 0.3) is 16.9 Å². The van der Waals surface area contributed by atoms with Crippen molar-refractivity contribution in [2.45, 2.75) is 86.0 Å². The summed E-state index contributed by atoms with van der Waals surface area (Å²) in [5, 5.41) is 2.90. The van der Waals surface area contributed by atoms with Gasteiger partial charge in [0.2, 0.25) is 0 Å². The fraction of sp³-hybridized carbons (Fsp3) is 0.349. The van der Waals surface area contributed by atoms with E-state index in [1.165, 1.54) is 83.2 Å². The summed E-state index contributed by atoms with van der Waals surface area (Å²) in [4.78, 5) is 0. The normalized spacial score (nSPS) is 13.1. The van der Waals surface area contributed by atoms with Crippen LogP contribution >= 0.6 is 0 Å². The van der Waals surface area contributed by atoms with Gasteiger partial charge in [-0.1, -0.05) is 217 Å². The van der Waals surface area contributed by atoms with Gasteiger partial charge in [0.25, 0.3) is 0 Å². The molecule has 0 saturated heterocycles. The van der Waals surface area contributed by atoms with Crippen molar-refractivity contribution in [2.24, 2.45) is 5.92 Å². The second-order valence-electron chi connectivity index (χ2n) is 11.7. The van der Waals surface area contributed by atoms with Gasteiger partial charge < -0.3 is 5.73 Å². The number of hydrogen-bond acceptors (Lipinski definition) is 0. The molecular formula is C43H56NSiZr.